The Bertz CT molecular complexity index is 945. The number of ether oxygens (including phenoxy) is 2. The summed E-state index contributed by atoms with van der Waals surface area (Å²) in [5.41, 5.74) is 1.25. The number of benzene rings is 2. The van der Waals surface area contributed by atoms with E-state index >= 15 is 0 Å². The van der Waals surface area contributed by atoms with Crippen LogP contribution in [0.5, 0.6) is 11.5 Å². The van der Waals surface area contributed by atoms with Gasteiger partial charge in [-0.1, -0.05) is 23.7 Å². The van der Waals surface area contributed by atoms with Crippen molar-refractivity contribution in [1.82, 2.24) is 4.90 Å². The van der Waals surface area contributed by atoms with E-state index < -0.39 is 0 Å². The van der Waals surface area contributed by atoms with Gasteiger partial charge in [0.1, 0.15) is 0 Å². The fourth-order valence-corrected chi connectivity index (χ4v) is 3.39. The molecule has 0 unspecified atom stereocenters. The van der Waals surface area contributed by atoms with Crippen LogP contribution in [0.3, 0.4) is 0 Å². The third-order valence-electron chi connectivity index (χ3n) is 3.74. The van der Waals surface area contributed by atoms with Crippen molar-refractivity contribution in [2.75, 3.05) is 26.5 Å². The van der Waals surface area contributed by atoms with Crippen molar-refractivity contribution in [3.05, 3.63) is 53.1 Å². The summed E-state index contributed by atoms with van der Waals surface area (Å²) in [6.07, 6.45) is 2.97. The van der Waals surface area contributed by atoms with Crippen molar-refractivity contribution < 1.29 is 19.1 Å². The number of amides is 2. The number of nitrogens with zero attached hydrogens (tertiary/aromatic N) is 1. The standard InChI is InChI=1S/C22H25ClN2O4S/c1-14(2)29-21-16(23)12-15(13-18(21)28-5)10-11-20(26)24-17-8-6-7-9-19(17)30-22(27)25(3)4/h6-14H,1-5H3,(H,24,26)/b11-10+. The largest absolute Gasteiger partial charge is 0.493 e. The number of hydrogen-bond donors (Lipinski definition) is 1. The summed E-state index contributed by atoms with van der Waals surface area (Å²) in [5, 5.41) is 3.07. The first-order valence-corrected chi connectivity index (χ1v) is 10.4. The molecule has 0 radical (unpaired) electrons. The highest BCUT2D eigenvalue weighted by molar-refractivity contribution is 8.13. The monoisotopic (exact) mass is 448 g/mol. The minimum Gasteiger partial charge on any atom is -0.493 e. The second-order valence-corrected chi connectivity index (χ2v) is 8.18. The smallest absolute Gasteiger partial charge is 0.286 e. The van der Waals surface area contributed by atoms with Gasteiger partial charge in [-0.2, -0.15) is 0 Å². The van der Waals surface area contributed by atoms with Crippen LogP contribution in [0.4, 0.5) is 10.5 Å². The summed E-state index contributed by atoms with van der Waals surface area (Å²) < 4.78 is 11.1. The van der Waals surface area contributed by atoms with Crippen LogP contribution >= 0.6 is 23.4 Å². The average molecular weight is 449 g/mol. The Morgan fingerprint density at radius 3 is 2.53 bits per heavy atom. The third kappa shape index (κ3) is 6.71. The molecule has 0 aliphatic rings. The molecule has 0 bridgehead atoms. The Labute approximate surface area is 186 Å². The number of thioether (sulfide) groups is 1. The van der Waals surface area contributed by atoms with Crippen molar-refractivity contribution >= 4 is 46.3 Å². The van der Waals surface area contributed by atoms with Gasteiger partial charge in [-0.15, -0.1) is 0 Å². The van der Waals surface area contributed by atoms with Crippen LogP contribution in [0.2, 0.25) is 5.02 Å². The lowest BCUT2D eigenvalue weighted by Gasteiger charge is -2.15. The zero-order valence-electron chi connectivity index (χ0n) is 17.6. The molecule has 0 atom stereocenters. The molecule has 2 aromatic carbocycles. The zero-order chi connectivity index (χ0) is 22.3. The van der Waals surface area contributed by atoms with Gasteiger partial charge in [-0.3, -0.25) is 9.59 Å². The highest BCUT2D eigenvalue weighted by Crippen LogP contribution is 2.37. The lowest BCUT2D eigenvalue weighted by Crippen LogP contribution is -2.16. The van der Waals surface area contributed by atoms with E-state index in [-0.39, 0.29) is 17.3 Å². The van der Waals surface area contributed by atoms with Crippen molar-refractivity contribution in [2.24, 2.45) is 0 Å². The minimum absolute atomic E-state index is 0.0547. The van der Waals surface area contributed by atoms with Crippen molar-refractivity contribution in [2.45, 2.75) is 24.8 Å². The number of hydrogen-bond acceptors (Lipinski definition) is 5. The third-order valence-corrected chi connectivity index (χ3v) is 5.14. The summed E-state index contributed by atoms with van der Waals surface area (Å²) in [6.45, 7) is 3.80. The van der Waals surface area contributed by atoms with Gasteiger partial charge >= 0.3 is 0 Å². The molecule has 2 amide bonds. The Morgan fingerprint density at radius 1 is 1.20 bits per heavy atom. The lowest BCUT2D eigenvalue weighted by molar-refractivity contribution is -0.111. The highest BCUT2D eigenvalue weighted by Gasteiger charge is 2.14. The number of anilines is 1. The molecule has 2 aromatic rings. The Kier molecular flexibility index (Phi) is 8.62. The molecular weight excluding hydrogens is 424 g/mol. The molecule has 0 saturated heterocycles. The van der Waals surface area contributed by atoms with E-state index in [1.165, 1.54) is 18.1 Å². The van der Waals surface area contributed by atoms with Crippen LogP contribution in [0.15, 0.2) is 47.4 Å². The van der Waals surface area contributed by atoms with Gasteiger partial charge in [0.25, 0.3) is 5.24 Å². The molecule has 2 rings (SSSR count). The first-order valence-electron chi connectivity index (χ1n) is 9.22. The van der Waals surface area contributed by atoms with Crippen molar-refractivity contribution in [3.8, 4) is 11.5 Å². The predicted octanol–water partition coefficient (Wildman–Crippen LogP) is 5.56. The molecule has 160 valence electrons. The number of methoxy groups -OCH3 is 1. The molecular formula is C22H25ClN2O4S. The maximum absolute atomic E-state index is 12.4. The van der Waals surface area contributed by atoms with Crippen LogP contribution in [0, 0.1) is 0 Å². The molecule has 1 N–H and O–H groups in total. The maximum Gasteiger partial charge on any atom is 0.286 e. The van der Waals surface area contributed by atoms with Crippen LogP contribution in [0.25, 0.3) is 6.08 Å². The van der Waals surface area contributed by atoms with E-state index in [2.05, 4.69) is 5.32 Å². The molecule has 0 saturated carbocycles. The molecule has 0 spiro atoms. The zero-order valence-corrected chi connectivity index (χ0v) is 19.1. The normalized spacial score (nSPS) is 10.9. The van der Waals surface area contributed by atoms with Gasteiger partial charge in [0.15, 0.2) is 11.5 Å². The molecule has 8 heteroatoms. The average Bonchev–Trinajstić information content (AvgIpc) is 2.69. The molecule has 0 heterocycles. The van der Waals surface area contributed by atoms with E-state index in [4.69, 9.17) is 21.1 Å². The fourth-order valence-electron chi connectivity index (χ4n) is 2.38. The van der Waals surface area contributed by atoms with Gasteiger partial charge in [0.2, 0.25) is 5.91 Å². The number of carbonyl (C=O) groups is 2. The number of rotatable bonds is 7. The quantitative estimate of drug-likeness (QED) is 0.443. The molecule has 6 nitrogen and oxygen atoms in total. The van der Waals surface area contributed by atoms with E-state index in [0.29, 0.717) is 32.7 Å². The number of nitrogens with one attached hydrogen (secondary N) is 1. The first kappa shape index (κ1) is 23.6. The molecule has 0 aliphatic carbocycles. The van der Waals surface area contributed by atoms with Crippen LogP contribution in [0.1, 0.15) is 19.4 Å². The molecule has 30 heavy (non-hydrogen) atoms. The fraction of sp³-hybridized carbons (Fsp3) is 0.273. The molecule has 0 aromatic heterocycles. The summed E-state index contributed by atoms with van der Waals surface area (Å²) >= 11 is 7.37. The van der Waals surface area contributed by atoms with Crippen LogP contribution in [-0.4, -0.2) is 43.4 Å². The number of carbonyl (C=O) groups excluding carboxylic acids is 2. The predicted molar refractivity (Wildman–Crippen MR) is 123 cm³/mol. The van der Waals surface area contributed by atoms with E-state index in [9.17, 15) is 9.59 Å². The lowest BCUT2D eigenvalue weighted by atomic mass is 10.1. The first-order chi connectivity index (χ1) is 14.2. The molecule has 0 fully saturated rings. The Morgan fingerprint density at radius 2 is 1.90 bits per heavy atom. The minimum atomic E-state index is -0.335. The second-order valence-electron chi connectivity index (χ2n) is 6.78. The number of para-hydroxylation sites is 1. The topological polar surface area (TPSA) is 67.9 Å². The van der Waals surface area contributed by atoms with Gasteiger partial charge in [0, 0.05) is 25.1 Å². The van der Waals surface area contributed by atoms with Crippen LogP contribution in [-0.2, 0) is 4.79 Å². The Balaban J connectivity index is 2.16. The van der Waals surface area contributed by atoms with Gasteiger partial charge < -0.3 is 19.7 Å². The van der Waals surface area contributed by atoms with Gasteiger partial charge in [-0.25, -0.2) is 0 Å². The summed E-state index contributed by atoms with van der Waals surface area (Å²) in [4.78, 5) is 26.5. The van der Waals surface area contributed by atoms with Crippen molar-refractivity contribution in [3.63, 3.8) is 0 Å². The summed E-state index contributed by atoms with van der Waals surface area (Å²) in [6, 6.07) is 10.6. The Hall–Kier alpha value is -2.64. The summed E-state index contributed by atoms with van der Waals surface area (Å²) in [7, 11) is 4.88. The van der Waals surface area contributed by atoms with E-state index in [0.717, 1.165) is 11.8 Å². The maximum atomic E-state index is 12.4. The van der Waals surface area contributed by atoms with Crippen molar-refractivity contribution in [1.29, 1.82) is 0 Å². The van der Waals surface area contributed by atoms with Gasteiger partial charge in [0.05, 0.1) is 23.9 Å². The second kappa shape index (κ2) is 10.9. The number of halogens is 1. The van der Waals surface area contributed by atoms with E-state index in [1.807, 2.05) is 19.9 Å². The molecule has 0 aliphatic heterocycles. The summed E-state index contributed by atoms with van der Waals surface area (Å²) in [5.74, 6) is 0.616. The van der Waals surface area contributed by atoms with Gasteiger partial charge in [-0.05, 0) is 61.5 Å². The van der Waals surface area contributed by atoms with E-state index in [1.54, 1.807) is 50.5 Å². The van der Waals surface area contributed by atoms with Crippen LogP contribution < -0.4 is 14.8 Å². The highest BCUT2D eigenvalue weighted by atomic mass is 35.5. The SMILES string of the molecule is COc1cc(/C=C/C(=O)Nc2ccccc2SC(=O)N(C)C)cc(Cl)c1OC(C)C.